The van der Waals surface area contributed by atoms with E-state index in [9.17, 15) is 4.79 Å². The van der Waals surface area contributed by atoms with Gasteiger partial charge >= 0.3 is 0 Å². The number of nitrogens with one attached hydrogen (secondary N) is 2. The molecule has 1 amide bonds. The van der Waals surface area contributed by atoms with E-state index in [1.807, 2.05) is 43.5 Å². The van der Waals surface area contributed by atoms with Gasteiger partial charge in [0.1, 0.15) is 5.82 Å². The Morgan fingerprint density at radius 2 is 2.07 bits per heavy atom. The molecule has 0 spiro atoms. The molecule has 1 aliphatic heterocycles. The third kappa shape index (κ3) is 3.25. The lowest BCUT2D eigenvalue weighted by molar-refractivity contribution is 0.102. The van der Waals surface area contributed by atoms with E-state index >= 15 is 0 Å². The van der Waals surface area contributed by atoms with Crippen LogP contribution in [0.15, 0.2) is 48.8 Å². The van der Waals surface area contributed by atoms with Crippen molar-refractivity contribution in [2.24, 2.45) is 0 Å². The molecule has 1 fully saturated rings. The van der Waals surface area contributed by atoms with Gasteiger partial charge < -0.3 is 10.3 Å². The lowest BCUT2D eigenvalue weighted by atomic mass is 10.1. The number of benzene rings is 1. The third-order valence-electron chi connectivity index (χ3n) is 5.87. The maximum Gasteiger partial charge on any atom is 0.256 e. The van der Waals surface area contributed by atoms with Crippen LogP contribution in [0.3, 0.4) is 0 Å². The topological polar surface area (TPSA) is 73.9 Å². The van der Waals surface area contributed by atoms with E-state index in [1.54, 1.807) is 6.20 Å². The van der Waals surface area contributed by atoms with Gasteiger partial charge in [-0.2, -0.15) is 0 Å². The number of carbonyl (C=O) groups excluding carboxylic acids is 1. The SMILES string of the molecule is Cc1nccc2cc(C(=O)Nc3cc4[nH]c([C@H]5CCCN5C)cc4cn3)ccc12. The monoisotopic (exact) mass is 385 g/mol. The Balaban J connectivity index is 1.40. The molecule has 1 atom stereocenters. The fourth-order valence-electron chi connectivity index (χ4n) is 4.26. The van der Waals surface area contributed by atoms with E-state index in [1.165, 1.54) is 12.1 Å². The quantitative estimate of drug-likeness (QED) is 0.547. The first-order valence-electron chi connectivity index (χ1n) is 9.94. The number of carbonyl (C=O) groups is 1. The maximum atomic E-state index is 12.8. The molecule has 4 heterocycles. The summed E-state index contributed by atoms with van der Waals surface area (Å²) in [5.74, 6) is 0.372. The van der Waals surface area contributed by atoms with E-state index in [2.05, 4.69) is 38.3 Å². The van der Waals surface area contributed by atoms with Gasteiger partial charge in [-0.3, -0.25) is 14.7 Å². The number of hydrogen-bond acceptors (Lipinski definition) is 4. The Kier molecular flexibility index (Phi) is 4.28. The van der Waals surface area contributed by atoms with Crippen molar-refractivity contribution in [3.63, 3.8) is 0 Å². The average molecular weight is 385 g/mol. The molecule has 0 bridgehead atoms. The lowest BCUT2D eigenvalue weighted by Crippen LogP contribution is -2.17. The van der Waals surface area contributed by atoms with Gasteiger partial charge in [-0.25, -0.2) is 4.98 Å². The van der Waals surface area contributed by atoms with Crippen molar-refractivity contribution in [2.75, 3.05) is 18.9 Å². The fourth-order valence-corrected chi connectivity index (χ4v) is 4.26. The largest absolute Gasteiger partial charge is 0.357 e. The molecule has 0 aliphatic carbocycles. The van der Waals surface area contributed by atoms with Crippen LogP contribution in [0.5, 0.6) is 0 Å². The number of rotatable bonds is 3. The minimum Gasteiger partial charge on any atom is -0.357 e. The number of likely N-dealkylation sites (tertiary alicyclic amines) is 1. The summed E-state index contributed by atoms with van der Waals surface area (Å²) in [6.07, 6.45) is 5.96. The van der Waals surface area contributed by atoms with E-state index in [4.69, 9.17) is 0 Å². The summed E-state index contributed by atoms with van der Waals surface area (Å²) >= 11 is 0. The van der Waals surface area contributed by atoms with Crippen LogP contribution in [-0.2, 0) is 0 Å². The number of H-pyrrole nitrogens is 1. The maximum absolute atomic E-state index is 12.8. The normalized spacial score (nSPS) is 17.2. The third-order valence-corrected chi connectivity index (χ3v) is 5.87. The second kappa shape index (κ2) is 6.97. The van der Waals surface area contributed by atoms with E-state index < -0.39 is 0 Å². The van der Waals surface area contributed by atoms with Crippen LogP contribution >= 0.6 is 0 Å². The van der Waals surface area contributed by atoms with Crippen LogP contribution in [0.4, 0.5) is 5.82 Å². The summed E-state index contributed by atoms with van der Waals surface area (Å²) in [6, 6.07) is 12.1. The molecule has 0 radical (unpaired) electrons. The molecule has 6 nitrogen and oxygen atoms in total. The highest BCUT2D eigenvalue weighted by Gasteiger charge is 2.24. The summed E-state index contributed by atoms with van der Waals surface area (Å²) in [5, 5.41) is 6.04. The van der Waals surface area contributed by atoms with Crippen LogP contribution in [-0.4, -0.2) is 39.4 Å². The Hall–Kier alpha value is -3.25. The van der Waals surface area contributed by atoms with Gasteiger partial charge in [-0.05, 0) is 63.0 Å². The highest BCUT2D eigenvalue weighted by molar-refractivity contribution is 6.06. The Morgan fingerprint density at radius 3 is 2.90 bits per heavy atom. The molecule has 29 heavy (non-hydrogen) atoms. The van der Waals surface area contributed by atoms with Gasteiger partial charge in [0.2, 0.25) is 0 Å². The first-order chi connectivity index (χ1) is 14.1. The zero-order chi connectivity index (χ0) is 20.0. The second-order valence-corrected chi connectivity index (χ2v) is 7.81. The molecule has 146 valence electrons. The minimum atomic E-state index is -0.171. The zero-order valence-electron chi connectivity index (χ0n) is 16.6. The van der Waals surface area contributed by atoms with Crippen molar-refractivity contribution in [3.8, 4) is 0 Å². The van der Waals surface area contributed by atoms with E-state index in [-0.39, 0.29) is 5.91 Å². The molecule has 1 saturated heterocycles. The highest BCUT2D eigenvalue weighted by atomic mass is 16.1. The molecule has 6 heteroatoms. The number of amides is 1. The number of anilines is 1. The Labute approximate surface area is 169 Å². The molecule has 0 saturated carbocycles. The van der Waals surface area contributed by atoms with Crippen LogP contribution in [0, 0.1) is 6.92 Å². The number of aromatic amines is 1. The molecular formula is C23H23N5O. The van der Waals surface area contributed by atoms with Crippen LogP contribution in [0.1, 0.15) is 40.6 Å². The first kappa shape index (κ1) is 17.8. The Bertz CT molecular complexity index is 1230. The van der Waals surface area contributed by atoms with Gasteiger partial charge in [0.15, 0.2) is 0 Å². The molecule has 3 aromatic heterocycles. The van der Waals surface area contributed by atoms with Crippen molar-refractivity contribution in [1.29, 1.82) is 0 Å². The minimum absolute atomic E-state index is 0.171. The van der Waals surface area contributed by atoms with E-state index in [0.717, 1.165) is 40.3 Å². The van der Waals surface area contributed by atoms with Gasteiger partial charge in [0.05, 0.1) is 5.52 Å². The fraction of sp³-hybridized carbons (Fsp3) is 0.261. The van der Waals surface area contributed by atoms with Gasteiger partial charge in [0.25, 0.3) is 5.91 Å². The molecule has 4 aromatic rings. The lowest BCUT2D eigenvalue weighted by Gasteiger charge is -2.17. The molecule has 1 aliphatic rings. The summed E-state index contributed by atoms with van der Waals surface area (Å²) < 4.78 is 0. The number of aromatic nitrogens is 3. The summed E-state index contributed by atoms with van der Waals surface area (Å²) in [6.45, 7) is 3.09. The molecule has 5 rings (SSSR count). The summed E-state index contributed by atoms with van der Waals surface area (Å²) in [5.41, 5.74) is 3.76. The van der Waals surface area contributed by atoms with E-state index in [0.29, 0.717) is 17.4 Å². The highest BCUT2D eigenvalue weighted by Crippen LogP contribution is 2.32. The Morgan fingerprint density at radius 1 is 1.17 bits per heavy atom. The number of pyridine rings is 2. The van der Waals surface area contributed by atoms with Crippen molar-refractivity contribution >= 4 is 33.4 Å². The van der Waals surface area contributed by atoms with Gasteiger partial charge in [-0.1, -0.05) is 6.07 Å². The van der Waals surface area contributed by atoms with Crippen molar-refractivity contribution < 1.29 is 4.79 Å². The predicted molar refractivity (Wildman–Crippen MR) is 115 cm³/mol. The standard InChI is InChI=1S/C23H23N5O/c1-14-18-6-5-16(10-15(18)7-8-24-14)23(29)27-22-12-19-17(13-25-22)11-20(26-19)21-4-3-9-28(21)2/h5-8,10-13,21,26H,3-4,9H2,1-2H3,(H,25,27,29)/t21-/m1/s1. The van der Waals surface area contributed by atoms with Crippen LogP contribution < -0.4 is 5.32 Å². The zero-order valence-corrected chi connectivity index (χ0v) is 16.6. The van der Waals surface area contributed by atoms with Gasteiger partial charge in [-0.15, -0.1) is 0 Å². The first-order valence-corrected chi connectivity index (χ1v) is 9.94. The van der Waals surface area contributed by atoms with Crippen molar-refractivity contribution in [2.45, 2.75) is 25.8 Å². The number of aryl methyl sites for hydroxylation is 1. The molecule has 1 aromatic carbocycles. The van der Waals surface area contributed by atoms with Crippen LogP contribution in [0.2, 0.25) is 0 Å². The predicted octanol–water partition coefficient (Wildman–Crippen LogP) is 4.44. The smallest absolute Gasteiger partial charge is 0.256 e. The number of nitrogens with zero attached hydrogens (tertiary/aromatic N) is 3. The number of fused-ring (bicyclic) bond motifs is 2. The van der Waals surface area contributed by atoms with Crippen molar-refractivity contribution in [1.82, 2.24) is 19.9 Å². The molecule has 2 N–H and O–H groups in total. The van der Waals surface area contributed by atoms with Crippen molar-refractivity contribution in [3.05, 3.63) is 65.7 Å². The summed E-state index contributed by atoms with van der Waals surface area (Å²) in [7, 11) is 2.16. The van der Waals surface area contributed by atoms with Crippen LogP contribution in [0.25, 0.3) is 21.7 Å². The molecule has 0 unspecified atom stereocenters. The summed E-state index contributed by atoms with van der Waals surface area (Å²) in [4.78, 5) is 27.4. The average Bonchev–Trinajstić information content (AvgIpc) is 3.33. The second-order valence-electron chi connectivity index (χ2n) is 7.81. The van der Waals surface area contributed by atoms with Gasteiger partial charge in [0, 0.05) is 52.2 Å². The molecular weight excluding hydrogens is 362 g/mol. The number of hydrogen-bond donors (Lipinski definition) is 2.